The van der Waals surface area contributed by atoms with Crippen molar-refractivity contribution in [3.63, 3.8) is 0 Å². The van der Waals surface area contributed by atoms with Crippen LogP contribution in [0, 0.1) is 0 Å². The lowest BCUT2D eigenvalue weighted by molar-refractivity contribution is 0.0205. The summed E-state index contributed by atoms with van der Waals surface area (Å²) in [6.45, 7) is 7.15. The average molecular weight is 345 g/mol. The van der Waals surface area contributed by atoms with Crippen molar-refractivity contribution in [1.82, 2.24) is 14.9 Å². The molecule has 0 saturated carbocycles. The SMILES string of the molecule is CC(C)(C)OC(=O)N1CCC(c2ccnc(-c3nccs3)c2)CC1. The quantitative estimate of drug-likeness (QED) is 0.813. The van der Waals surface area contributed by atoms with E-state index in [9.17, 15) is 4.79 Å². The third-order valence-electron chi connectivity index (χ3n) is 4.05. The van der Waals surface area contributed by atoms with Crippen molar-refractivity contribution < 1.29 is 9.53 Å². The van der Waals surface area contributed by atoms with Gasteiger partial charge >= 0.3 is 6.09 Å². The van der Waals surface area contributed by atoms with Crippen LogP contribution in [0.2, 0.25) is 0 Å². The average Bonchev–Trinajstić information content (AvgIpc) is 3.08. The van der Waals surface area contributed by atoms with Gasteiger partial charge in [-0.3, -0.25) is 4.98 Å². The maximum Gasteiger partial charge on any atom is 0.410 e. The maximum atomic E-state index is 12.2. The predicted molar refractivity (Wildman–Crippen MR) is 95.1 cm³/mol. The molecule has 0 unspecified atom stereocenters. The number of likely N-dealkylation sites (tertiary alicyclic amines) is 1. The molecule has 0 radical (unpaired) electrons. The fourth-order valence-corrected chi connectivity index (χ4v) is 3.49. The fourth-order valence-electron chi connectivity index (χ4n) is 2.89. The molecular formula is C18H23N3O2S. The van der Waals surface area contributed by atoms with Crippen LogP contribution in [0.4, 0.5) is 4.79 Å². The van der Waals surface area contributed by atoms with Gasteiger partial charge in [-0.15, -0.1) is 11.3 Å². The van der Waals surface area contributed by atoms with Crippen molar-refractivity contribution >= 4 is 17.4 Å². The molecule has 0 bridgehead atoms. The maximum absolute atomic E-state index is 12.2. The number of carbonyl (C=O) groups excluding carboxylic acids is 1. The van der Waals surface area contributed by atoms with Gasteiger partial charge in [0.05, 0.1) is 5.69 Å². The molecule has 3 rings (SSSR count). The summed E-state index contributed by atoms with van der Waals surface area (Å²) in [4.78, 5) is 22.7. The van der Waals surface area contributed by atoms with E-state index in [2.05, 4.69) is 22.1 Å². The molecule has 6 heteroatoms. The Hall–Kier alpha value is -1.95. The van der Waals surface area contributed by atoms with E-state index >= 15 is 0 Å². The zero-order valence-electron chi connectivity index (χ0n) is 14.4. The smallest absolute Gasteiger partial charge is 0.410 e. The van der Waals surface area contributed by atoms with Gasteiger partial charge in [-0.05, 0) is 57.2 Å². The van der Waals surface area contributed by atoms with E-state index in [1.54, 1.807) is 17.5 Å². The lowest BCUT2D eigenvalue weighted by Crippen LogP contribution is -2.41. The first-order valence-electron chi connectivity index (χ1n) is 8.26. The van der Waals surface area contributed by atoms with E-state index in [0.29, 0.717) is 5.92 Å². The molecule has 0 atom stereocenters. The van der Waals surface area contributed by atoms with Gasteiger partial charge in [-0.25, -0.2) is 9.78 Å². The molecule has 0 aromatic carbocycles. The van der Waals surface area contributed by atoms with Crippen molar-refractivity contribution in [3.05, 3.63) is 35.5 Å². The fraction of sp³-hybridized carbons (Fsp3) is 0.500. The summed E-state index contributed by atoms with van der Waals surface area (Å²) >= 11 is 1.60. The molecule has 128 valence electrons. The van der Waals surface area contributed by atoms with E-state index in [-0.39, 0.29) is 6.09 Å². The van der Waals surface area contributed by atoms with E-state index in [0.717, 1.165) is 36.6 Å². The van der Waals surface area contributed by atoms with Crippen LogP contribution in [0.15, 0.2) is 29.9 Å². The molecular weight excluding hydrogens is 322 g/mol. The van der Waals surface area contributed by atoms with Crippen LogP contribution in [0.3, 0.4) is 0 Å². The summed E-state index contributed by atoms with van der Waals surface area (Å²) in [5, 5.41) is 2.91. The molecule has 1 amide bonds. The number of ether oxygens (including phenoxy) is 1. The minimum absolute atomic E-state index is 0.209. The van der Waals surface area contributed by atoms with Crippen LogP contribution in [0.1, 0.15) is 45.1 Å². The zero-order chi connectivity index (χ0) is 17.2. The highest BCUT2D eigenvalue weighted by Crippen LogP contribution is 2.31. The van der Waals surface area contributed by atoms with Crippen molar-refractivity contribution in [2.75, 3.05) is 13.1 Å². The number of rotatable bonds is 2. The minimum Gasteiger partial charge on any atom is -0.444 e. The van der Waals surface area contributed by atoms with Gasteiger partial charge in [0.2, 0.25) is 0 Å². The van der Waals surface area contributed by atoms with E-state index in [1.165, 1.54) is 5.56 Å². The molecule has 0 aliphatic carbocycles. The molecule has 24 heavy (non-hydrogen) atoms. The second-order valence-electron chi connectivity index (χ2n) is 7.05. The van der Waals surface area contributed by atoms with Crippen molar-refractivity contribution in [2.45, 2.75) is 45.1 Å². The second kappa shape index (κ2) is 6.89. The number of thiazole rings is 1. The van der Waals surface area contributed by atoms with Crippen molar-refractivity contribution in [3.8, 4) is 10.7 Å². The summed E-state index contributed by atoms with van der Waals surface area (Å²) in [5.74, 6) is 0.449. The molecule has 3 heterocycles. The number of aromatic nitrogens is 2. The number of pyridine rings is 1. The third kappa shape index (κ3) is 4.12. The van der Waals surface area contributed by atoms with Crippen LogP contribution >= 0.6 is 11.3 Å². The van der Waals surface area contributed by atoms with Crippen LogP contribution < -0.4 is 0 Å². The van der Waals surface area contributed by atoms with Gasteiger partial charge in [0.25, 0.3) is 0 Å². The lowest BCUT2D eigenvalue weighted by atomic mass is 9.90. The van der Waals surface area contributed by atoms with Crippen LogP contribution in [-0.4, -0.2) is 39.7 Å². The number of piperidine rings is 1. The summed E-state index contributed by atoms with van der Waals surface area (Å²) in [6.07, 6.45) is 5.33. The standard InChI is InChI=1S/C18H23N3O2S/c1-18(2,3)23-17(22)21-9-5-13(6-10-21)14-4-7-19-15(12-14)16-20-8-11-24-16/h4,7-8,11-13H,5-6,9-10H2,1-3H3. The number of hydrogen-bond acceptors (Lipinski definition) is 5. The molecule has 5 nitrogen and oxygen atoms in total. The highest BCUT2D eigenvalue weighted by Gasteiger charge is 2.27. The van der Waals surface area contributed by atoms with Gasteiger partial charge in [0.15, 0.2) is 0 Å². The van der Waals surface area contributed by atoms with Crippen molar-refractivity contribution in [2.24, 2.45) is 0 Å². The number of hydrogen-bond donors (Lipinski definition) is 0. The molecule has 2 aromatic heterocycles. The summed E-state index contributed by atoms with van der Waals surface area (Å²) in [7, 11) is 0. The van der Waals surface area contributed by atoms with Gasteiger partial charge < -0.3 is 9.64 Å². The monoisotopic (exact) mass is 345 g/mol. The summed E-state index contributed by atoms with van der Waals surface area (Å²) < 4.78 is 5.46. The molecule has 0 spiro atoms. The lowest BCUT2D eigenvalue weighted by Gasteiger charge is -2.33. The molecule has 0 N–H and O–H groups in total. The Morgan fingerprint density at radius 1 is 1.25 bits per heavy atom. The summed E-state index contributed by atoms with van der Waals surface area (Å²) in [5.41, 5.74) is 1.76. The van der Waals surface area contributed by atoms with Gasteiger partial charge in [0.1, 0.15) is 10.6 Å². The Balaban J connectivity index is 1.63. The van der Waals surface area contributed by atoms with Crippen LogP contribution in [0.5, 0.6) is 0 Å². The van der Waals surface area contributed by atoms with Gasteiger partial charge in [-0.2, -0.15) is 0 Å². The predicted octanol–water partition coefficient (Wildman–Crippen LogP) is 4.32. The molecule has 1 aliphatic rings. The third-order valence-corrected chi connectivity index (χ3v) is 4.85. The van der Waals surface area contributed by atoms with Crippen LogP contribution in [0.25, 0.3) is 10.7 Å². The molecule has 1 fully saturated rings. The Morgan fingerprint density at radius 3 is 2.62 bits per heavy atom. The highest BCUT2D eigenvalue weighted by atomic mass is 32.1. The summed E-state index contributed by atoms with van der Waals surface area (Å²) in [6, 6.07) is 4.21. The van der Waals surface area contributed by atoms with Crippen LogP contribution in [-0.2, 0) is 4.74 Å². The molecule has 2 aromatic rings. The minimum atomic E-state index is -0.443. The molecule has 1 aliphatic heterocycles. The number of amides is 1. The zero-order valence-corrected chi connectivity index (χ0v) is 15.2. The number of nitrogens with zero attached hydrogens (tertiary/aromatic N) is 3. The van der Waals surface area contributed by atoms with E-state index < -0.39 is 5.60 Å². The Bertz CT molecular complexity index is 687. The highest BCUT2D eigenvalue weighted by molar-refractivity contribution is 7.13. The first kappa shape index (κ1) is 16.9. The number of carbonyl (C=O) groups is 1. The van der Waals surface area contributed by atoms with E-state index in [4.69, 9.17) is 4.74 Å². The molecule has 1 saturated heterocycles. The first-order chi connectivity index (χ1) is 11.4. The Kier molecular flexibility index (Phi) is 4.85. The Morgan fingerprint density at radius 2 is 2.00 bits per heavy atom. The second-order valence-corrected chi connectivity index (χ2v) is 7.95. The largest absolute Gasteiger partial charge is 0.444 e. The topological polar surface area (TPSA) is 55.3 Å². The van der Waals surface area contributed by atoms with E-state index in [1.807, 2.05) is 37.2 Å². The normalized spacial score (nSPS) is 16.2. The van der Waals surface area contributed by atoms with Gasteiger partial charge in [0, 0.05) is 30.9 Å². The van der Waals surface area contributed by atoms with Gasteiger partial charge in [-0.1, -0.05) is 0 Å². The first-order valence-corrected chi connectivity index (χ1v) is 9.14. The Labute approximate surface area is 146 Å². The van der Waals surface area contributed by atoms with Crippen molar-refractivity contribution in [1.29, 1.82) is 0 Å².